The highest BCUT2D eigenvalue weighted by Crippen LogP contribution is 2.23. The van der Waals surface area contributed by atoms with Crippen LogP contribution < -0.4 is 5.32 Å². The molecule has 1 aliphatic rings. The third-order valence-corrected chi connectivity index (χ3v) is 3.64. The van der Waals surface area contributed by atoms with E-state index in [4.69, 9.17) is 0 Å². The molecule has 18 heavy (non-hydrogen) atoms. The number of carbonyl (C=O) groups is 1. The maximum atomic E-state index is 12.0. The van der Waals surface area contributed by atoms with Gasteiger partial charge >= 0.3 is 0 Å². The summed E-state index contributed by atoms with van der Waals surface area (Å²) in [6.07, 6.45) is 1.64. The molecule has 1 aliphatic heterocycles. The summed E-state index contributed by atoms with van der Waals surface area (Å²) >= 11 is 0. The lowest BCUT2D eigenvalue weighted by Crippen LogP contribution is -2.48. The van der Waals surface area contributed by atoms with Gasteiger partial charge in [0.25, 0.3) is 0 Å². The summed E-state index contributed by atoms with van der Waals surface area (Å²) in [6, 6.07) is 8.84. The maximum absolute atomic E-state index is 12.0. The summed E-state index contributed by atoms with van der Waals surface area (Å²) in [4.78, 5) is 14.0. The van der Waals surface area contributed by atoms with Crippen molar-refractivity contribution >= 4 is 5.91 Å². The van der Waals surface area contributed by atoms with Crippen LogP contribution in [0.25, 0.3) is 0 Å². The fraction of sp³-hybridized carbons (Fsp3) is 0.533. The van der Waals surface area contributed by atoms with Crippen molar-refractivity contribution in [3.63, 3.8) is 0 Å². The van der Waals surface area contributed by atoms with Crippen molar-refractivity contribution in [2.24, 2.45) is 0 Å². The van der Waals surface area contributed by atoms with Crippen LogP contribution in [0.15, 0.2) is 24.3 Å². The number of carbonyl (C=O) groups excluding carboxylic acids is 1. The van der Waals surface area contributed by atoms with E-state index in [-0.39, 0.29) is 11.9 Å². The van der Waals surface area contributed by atoms with Crippen molar-refractivity contribution in [3.05, 3.63) is 35.4 Å². The van der Waals surface area contributed by atoms with Gasteiger partial charge in [0.15, 0.2) is 0 Å². The van der Waals surface area contributed by atoms with E-state index in [0.717, 1.165) is 26.1 Å². The first-order valence-electron chi connectivity index (χ1n) is 6.85. The number of amides is 1. The molecule has 1 saturated heterocycles. The summed E-state index contributed by atoms with van der Waals surface area (Å²) in [6.45, 7) is 6.66. The van der Waals surface area contributed by atoms with Crippen LogP contribution in [-0.4, -0.2) is 30.4 Å². The topological polar surface area (TPSA) is 32.3 Å². The first-order chi connectivity index (χ1) is 8.76. The highest BCUT2D eigenvalue weighted by Gasteiger charge is 2.26. The van der Waals surface area contributed by atoms with E-state index in [1.54, 1.807) is 0 Å². The van der Waals surface area contributed by atoms with E-state index in [0.29, 0.717) is 6.42 Å². The maximum Gasteiger partial charge on any atom is 0.222 e. The van der Waals surface area contributed by atoms with Gasteiger partial charge in [-0.2, -0.15) is 0 Å². The predicted molar refractivity (Wildman–Crippen MR) is 73.4 cm³/mol. The van der Waals surface area contributed by atoms with Crippen molar-refractivity contribution in [1.82, 2.24) is 10.2 Å². The summed E-state index contributed by atoms with van der Waals surface area (Å²) in [5.41, 5.74) is 2.58. The average Bonchev–Trinajstić information content (AvgIpc) is 2.46. The molecule has 0 spiro atoms. The number of rotatable bonds is 3. The number of aryl methyl sites for hydroxylation is 1. The number of hydrogen-bond donors (Lipinski definition) is 1. The Balaban J connectivity index is 2.19. The van der Waals surface area contributed by atoms with Crippen LogP contribution in [-0.2, 0) is 11.2 Å². The van der Waals surface area contributed by atoms with Gasteiger partial charge in [0.05, 0.1) is 6.04 Å². The molecule has 1 aromatic carbocycles. The van der Waals surface area contributed by atoms with Crippen LogP contribution in [0.5, 0.6) is 0 Å². The Morgan fingerprint density at radius 1 is 1.33 bits per heavy atom. The van der Waals surface area contributed by atoms with Crippen molar-refractivity contribution in [1.29, 1.82) is 0 Å². The molecule has 0 aromatic heterocycles. The smallest absolute Gasteiger partial charge is 0.222 e. The number of benzene rings is 1. The van der Waals surface area contributed by atoms with E-state index >= 15 is 0 Å². The molecule has 98 valence electrons. The van der Waals surface area contributed by atoms with Gasteiger partial charge in [0.2, 0.25) is 5.91 Å². The minimum absolute atomic E-state index is 0.192. The monoisotopic (exact) mass is 246 g/mol. The molecule has 0 bridgehead atoms. The summed E-state index contributed by atoms with van der Waals surface area (Å²) in [5.74, 6) is 0.251. The van der Waals surface area contributed by atoms with Gasteiger partial charge in [-0.3, -0.25) is 4.79 Å². The Hall–Kier alpha value is -1.35. The number of nitrogens with zero attached hydrogens (tertiary/aromatic N) is 1. The molecule has 0 aliphatic carbocycles. The molecule has 0 saturated carbocycles. The molecule has 3 nitrogen and oxygen atoms in total. The molecule has 1 amide bonds. The Bertz CT molecular complexity index is 399. The van der Waals surface area contributed by atoms with E-state index in [1.165, 1.54) is 11.1 Å². The van der Waals surface area contributed by atoms with Gasteiger partial charge in [-0.25, -0.2) is 0 Å². The van der Waals surface area contributed by atoms with Crippen molar-refractivity contribution < 1.29 is 4.79 Å². The lowest BCUT2D eigenvalue weighted by atomic mass is 10.0. The fourth-order valence-electron chi connectivity index (χ4n) is 2.48. The zero-order valence-electron chi connectivity index (χ0n) is 11.3. The standard InChI is InChI=1S/C15H22N2O/c1-3-12-5-7-13(8-6-12)14-11-16-9-10-17(14)15(18)4-2/h5-8,14,16H,3-4,9-11H2,1-2H3. The first kappa shape index (κ1) is 13.1. The zero-order valence-corrected chi connectivity index (χ0v) is 11.3. The third-order valence-electron chi connectivity index (χ3n) is 3.64. The Labute approximate surface area is 109 Å². The molecule has 2 rings (SSSR count). The van der Waals surface area contributed by atoms with Gasteiger partial charge in [0.1, 0.15) is 0 Å². The first-order valence-corrected chi connectivity index (χ1v) is 6.85. The van der Waals surface area contributed by atoms with Gasteiger partial charge < -0.3 is 10.2 Å². The van der Waals surface area contributed by atoms with Gasteiger partial charge in [-0.1, -0.05) is 38.1 Å². The lowest BCUT2D eigenvalue weighted by Gasteiger charge is -2.36. The minimum atomic E-state index is 0.192. The van der Waals surface area contributed by atoms with E-state index in [2.05, 4.69) is 36.5 Å². The highest BCUT2D eigenvalue weighted by atomic mass is 16.2. The van der Waals surface area contributed by atoms with Gasteiger partial charge in [0, 0.05) is 26.1 Å². The molecule has 1 fully saturated rings. The molecule has 1 heterocycles. The highest BCUT2D eigenvalue weighted by molar-refractivity contribution is 5.76. The van der Waals surface area contributed by atoms with Crippen LogP contribution in [0.4, 0.5) is 0 Å². The normalized spacial score (nSPS) is 19.9. The molecule has 0 radical (unpaired) electrons. The molecule has 3 heteroatoms. The van der Waals surface area contributed by atoms with E-state index in [9.17, 15) is 4.79 Å². The molecular weight excluding hydrogens is 224 g/mol. The summed E-state index contributed by atoms with van der Waals surface area (Å²) < 4.78 is 0. The Morgan fingerprint density at radius 2 is 2.06 bits per heavy atom. The van der Waals surface area contributed by atoms with E-state index < -0.39 is 0 Å². The largest absolute Gasteiger partial charge is 0.333 e. The van der Waals surface area contributed by atoms with Gasteiger partial charge in [-0.05, 0) is 17.5 Å². The average molecular weight is 246 g/mol. The van der Waals surface area contributed by atoms with Crippen molar-refractivity contribution in [3.8, 4) is 0 Å². The Morgan fingerprint density at radius 3 is 2.67 bits per heavy atom. The van der Waals surface area contributed by atoms with Crippen molar-refractivity contribution in [2.45, 2.75) is 32.7 Å². The molecular formula is C15H22N2O. The lowest BCUT2D eigenvalue weighted by molar-refractivity contribution is -0.134. The number of nitrogens with one attached hydrogen (secondary N) is 1. The van der Waals surface area contributed by atoms with Crippen LogP contribution in [0, 0.1) is 0 Å². The van der Waals surface area contributed by atoms with Crippen LogP contribution >= 0.6 is 0 Å². The second-order valence-corrected chi connectivity index (χ2v) is 4.76. The molecule has 1 aromatic rings. The summed E-state index contributed by atoms with van der Waals surface area (Å²) in [5, 5.41) is 3.38. The Kier molecular flexibility index (Phi) is 4.37. The zero-order chi connectivity index (χ0) is 13.0. The number of hydrogen-bond acceptors (Lipinski definition) is 2. The second-order valence-electron chi connectivity index (χ2n) is 4.76. The van der Waals surface area contributed by atoms with E-state index in [1.807, 2.05) is 11.8 Å². The molecule has 1 unspecified atom stereocenters. The van der Waals surface area contributed by atoms with Crippen LogP contribution in [0.1, 0.15) is 37.4 Å². The molecule has 1 N–H and O–H groups in total. The third kappa shape index (κ3) is 2.72. The van der Waals surface area contributed by atoms with Gasteiger partial charge in [-0.15, -0.1) is 0 Å². The predicted octanol–water partition coefficient (Wildman–Crippen LogP) is 2.13. The molecule has 1 atom stereocenters. The van der Waals surface area contributed by atoms with Crippen LogP contribution in [0.2, 0.25) is 0 Å². The number of piperazine rings is 1. The summed E-state index contributed by atoms with van der Waals surface area (Å²) in [7, 11) is 0. The quantitative estimate of drug-likeness (QED) is 0.886. The second kappa shape index (κ2) is 6.01. The fourth-order valence-corrected chi connectivity index (χ4v) is 2.48. The minimum Gasteiger partial charge on any atom is -0.333 e. The van der Waals surface area contributed by atoms with Crippen LogP contribution in [0.3, 0.4) is 0 Å². The van der Waals surface area contributed by atoms with Crippen molar-refractivity contribution in [2.75, 3.05) is 19.6 Å². The SMILES string of the molecule is CCC(=O)N1CCNCC1c1ccc(CC)cc1.